The van der Waals surface area contributed by atoms with Crippen molar-refractivity contribution in [2.24, 2.45) is 7.05 Å². The highest BCUT2D eigenvalue weighted by molar-refractivity contribution is 8.27. The van der Waals surface area contributed by atoms with Crippen molar-refractivity contribution >= 4 is 68.5 Å². The van der Waals surface area contributed by atoms with E-state index in [0.717, 1.165) is 16.5 Å². The second-order valence-electron chi connectivity index (χ2n) is 5.71. The number of thioether (sulfide) groups is 1. The van der Waals surface area contributed by atoms with Crippen molar-refractivity contribution in [2.75, 3.05) is 4.90 Å². The molecule has 0 atom stereocenters. The Morgan fingerprint density at radius 3 is 2.76 bits per heavy atom. The van der Waals surface area contributed by atoms with Crippen LogP contribution in [0.4, 0.5) is 5.69 Å². The summed E-state index contributed by atoms with van der Waals surface area (Å²) in [6.45, 7) is 0. The van der Waals surface area contributed by atoms with Crippen LogP contribution in [0.25, 0.3) is 17.0 Å². The van der Waals surface area contributed by atoms with Gasteiger partial charge >= 0.3 is 0 Å². The standard InChI is InChI=1S/C19H13ClN2OS2/c1-21-11-12(15-7-2-3-8-16(15)21)9-17-18(23)22(19(24)25-17)14-6-4-5-13(20)10-14/h2-11H,1H3. The van der Waals surface area contributed by atoms with Crippen LogP contribution < -0.4 is 4.90 Å². The van der Waals surface area contributed by atoms with Crippen LogP contribution in [-0.2, 0) is 11.8 Å². The second-order valence-corrected chi connectivity index (χ2v) is 7.82. The van der Waals surface area contributed by atoms with E-state index in [1.807, 2.05) is 43.6 Å². The predicted molar refractivity (Wildman–Crippen MR) is 110 cm³/mol. The van der Waals surface area contributed by atoms with Crippen LogP contribution in [0.3, 0.4) is 0 Å². The molecule has 6 heteroatoms. The van der Waals surface area contributed by atoms with Crippen LogP contribution in [0, 0.1) is 0 Å². The van der Waals surface area contributed by atoms with Gasteiger partial charge in [-0.2, -0.15) is 0 Å². The minimum Gasteiger partial charge on any atom is -0.350 e. The molecule has 0 bridgehead atoms. The number of para-hydroxylation sites is 1. The topological polar surface area (TPSA) is 25.2 Å². The van der Waals surface area contributed by atoms with E-state index < -0.39 is 0 Å². The van der Waals surface area contributed by atoms with Gasteiger partial charge in [0.2, 0.25) is 0 Å². The summed E-state index contributed by atoms with van der Waals surface area (Å²) in [5.41, 5.74) is 2.82. The number of nitrogens with zero attached hydrogens (tertiary/aromatic N) is 2. The summed E-state index contributed by atoms with van der Waals surface area (Å²) in [4.78, 5) is 15.0. The Morgan fingerprint density at radius 1 is 1.16 bits per heavy atom. The summed E-state index contributed by atoms with van der Waals surface area (Å²) in [6.07, 6.45) is 3.93. The monoisotopic (exact) mass is 384 g/mol. The van der Waals surface area contributed by atoms with Gasteiger partial charge in [0.1, 0.15) is 0 Å². The third kappa shape index (κ3) is 2.88. The molecule has 124 valence electrons. The Kier molecular flexibility index (Phi) is 4.15. The molecule has 0 aliphatic carbocycles. The molecule has 0 saturated carbocycles. The minimum absolute atomic E-state index is 0.120. The molecule has 1 aromatic heterocycles. The first kappa shape index (κ1) is 16.4. The third-order valence-electron chi connectivity index (χ3n) is 4.07. The first-order valence-electron chi connectivity index (χ1n) is 7.62. The van der Waals surface area contributed by atoms with E-state index in [2.05, 4.69) is 16.7 Å². The van der Waals surface area contributed by atoms with Gasteiger partial charge < -0.3 is 4.57 Å². The fraction of sp³-hybridized carbons (Fsp3) is 0.0526. The van der Waals surface area contributed by atoms with E-state index in [-0.39, 0.29) is 5.91 Å². The number of carbonyl (C=O) groups excluding carboxylic acids is 1. The van der Waals surface area contributed by atoms with Crippen molar-refractivity contribution < 1.29 is 4.79 Å². The minimum atomic E-state index is -0.120. The number of hydrogen-bond donors (Lipinski definition) is 0. The summed E-state index contributed by atoms with van der Waals surface area (Å²) >= 11 is 12.8. The fourth-order valence-electron chi connectivity index (χ4n) is 2.93. The molecule has 3 aromatic rings. The number of aromatic nitrogens is 1. The maximum atomic E-state index is 12.9. The summed E-state index contributed by atoms with van der Waals surface area (Å²) in [5, 5.41) is 1.68. The van der Waals surface area contributed by atoms with Gasteiger partial charge in [0.15, 0.2) is 4.32 Å². The van der Waals surface area contributed by atoms with Crippen LogP contribution in [0.5, 0.6) is 0 Å². The molecule has 3 nitrogen and oxygen atoms in total. The lowest BCUT2D eigenvalue weighted by Gasteiger charge is -2.14. The van der Waals surface area contributed by atoms with E-state index in [1.165, 1.54) is 16.7 Å². The SMILES string of the molecule is Cn1cc(C=C2SC(=S)N(c3cccc(Cl)c3)C2=O)c2ccccc21. The van der Waals surface area contributed by atoms with E-state index in [0.29, 0.717) is 19.9 Å². The zero-order chi connectivity index (χ0) is 17.6. The highest BCUT2D eigenvalue weighted by Gasteiger charge is 2.33. The molecule has 1 aliphatic rings. The number of rotatable bonds is 2. The number of fused-ring (bicyclic) bond motifs is 1. The third-order valence-corrected chi connectivity index (χ3v) is 5.61. The van der Waals surface area contributed by atoms with Gasteiger partial charge in [-0.25, -0.2) is 0 Å². The molecule has 25 heavy (non-hydrogen) atoms. The smallest absolute Gasteiger partial charge is 0.270 e. The average molecular weight is 385 g/mol. The predicted octanol–water partition coefficient (Wildman–Crippen LogP) is 5.24. The highest BCUT2D eigenvalue weighted by atomic mass is 35.5. The zero-order valence-electron chi connectivity index (χ0n) is 13.3. The number of carbonyl (C=O) groups is 1. The highest BCUT2D eigenvalue weighted by Crippen LogP contribution is 2.37. The molecule has 2 aromatic carbocycles. The molecule has 1 saturated heterocycles. The molecule has 4 rings (SSSR count). The van der Waals surface area contributed by atoms with Gasteiger partial charge in [0, 0.05) is 34.7 Å². The van der Waals surface area contributed by atoms with E-state index in [1.54, 1.807) is 12.1 Å². The van der Waals surface area contributed by atoms with Crippen LogP contribution in [0.1, 0.15) is 5.56 Å². The summed E-state index contributed by atoms with van der Waals surface area (Å²) in [5.74, 6) is -0.120. The van der Waals surface area contributed by atoms with Gasteiger partial charge in [0.05, 0.1) is 10.6 Å². The van der Waals surface area contributed by atoms with Crippen molar-refractivity contribution in [3.63, 3.8) is 0 Å². The van der Waals surface area contributed by atoms with Crippen LogP contribution >= 0.6 is 35.6 Å². The average Bonchev–Trinajstić information content (AvgIpc) is 3.05. The number of aryl methyl sites for hydroxylation is 1. The van der Waals surface area contributed by atoms with E-state index >= 15 is 0 Å². The summed E-state index contributed by atoms with van der Waals surface area (Å²) < 4.78 is 2.57. The number of thiocarbonyl (C=S) groups is 1. The number of amides is 1. The van der Waals surface area contributed by atoms with Gasteiger partial charge in [0.25, 0.3) is 5.91 Å². The number of halogens is 1. The van der Waals surface area contributed by atoms with Crippen molar-refractivity contribution in [1.29, 1.82) is 0 Å². The Morgan fingerprint density at radius 2 is 1.96 bits per heavy atom. The molecule has 2 heterocycles. The number of anilines is 1. The molecule has 0 spiro atoms. The molecule has 1 amide bonds. The molecule has 0 radical (unpaired) electrons. The molecule has 0 unspecified atom stereocenters. The number of hydrogen-bond acceptors (Lipinski definition) is 3. The fourth-order valence-corrected chi connectivity index (χ4v) is 4.41. The van der Waals surface area contributed by atoms with Gasteiger partial charge in [-0.05, 0) is 30.3 Å². The first-order valence-corrected chi connectivity index (χ1v) is 9.22. The summed E-state index contributed by atoms with van der Waals surface area (Å²) in [6, 6.07) is 15.3. The zero-order valence-corrected chi connectivity index (χ0v) is 15.7. The van der Waals surface area contributed by atoms with E-state index in [4.69, 9.17) is 23.8 Å². The largest absolute Gasteiger partial charge is 0.350 e. The summed E-state index contributed by atoms with van der Waals surface area (Å²) in [7, 11) is 2.00. The van der Waals surface area contributed by atoms with Crippen molar-refractivity contribution in [2.45, 2.75) is 0 Å². The van der Waals surface area contributed by atoms with Gasteiger partial charge in [-0.3, -0.25) is 9.69 Å². The maximum Gasteiger partial charge on any atom is 0.270 e. The van der Waals surface area contributed by atoms with Crippen molar-refractivity contribution in [3.8, 4) is 0 Å². The lowest BCUT2D eigenvalue weighted by molar-refractivity contribution is -0.113. The van der Waals surface area contributed by atoms with Gasteiger partial charge in [-0.15, -0.1) is 0 Å². The normalized spacial score (nSPS) is 16.4. The molecular weight excluding hydrogens is 372 g/mol. The van der Waals surface area contributed by atoms with Crippen LogP contribution in [-0.4, -0.2) is 14.8 Å². The maximum absolute atomic E-state index is 12.9. The Bertz CT molecular complexity index is 1050. The Balaban J connectivity index is 1.75. The first-order chi connectivity index (χ1) is 12.0. The van der Waals surface area contributed by atoms with Gasteiger partial charge in [-0.1, -0.05) is 59.8 Å². The molecule has 0 N–H and O–H groups in total. The Hall–Kier alpha value is -2.08. The molecule has 1 aliphatic heterocycles. The molecule has 1 fully saturated rings. The lowest BCUT2D eigenvalue weighted by atomic mass is 10.1. The van der Waals surface area contributed by atoms with Crippen molar-refractivity contribution in [3.05, 3.63) is 70.2 Å². The Labute approximate surface area is 159 Å². The van der Waals surface area contributed by atoms with Crippen LogP contribution in [0.2, 0.25) is 5.02 Å². The van der Waals surface area contributed by atoms with Crippen LogP contribution in [0.15, 0.2) is 59.6 Å². The molecular formula is C19H13ClN2OS2. The van der Waals surface area contributed by atoms with E-state index in [9.17, 15) is 4.79 Å². The van der Waals surface area contributed by atoms with Crippen molar-refractivity contribution in [1.82, 2.24) is 4.57 Å². The number of benzene rings is 2. The lowest BCUT2D eigenvalue weighted by Crippen LogP contribution is -2.27. The second kappa shape index (κ2) is 6.33. The quantitative estimate of drug-likeness (QED) is 0.446.